The van der Waals surface area contributed by atoms with Crippen molar-refractivity contribution in [1.82, 2.24) is 19.8 Å². The van der Waals surface area contributed by atoms with Crippen LogP contribution in [0.25, 0.3) is 0 Å². The van der Waals surface area contributed by atoms with E-state index in [4.69, 9.17) is 4.42 Å². The molecule has 3 heterocycles. The van der Waals surface area contributed by atoms with Crippen LogP contribution in [-0.4, -0.2) is 40.6 Å². The standard InChI is InChI=1S/C15H22N4O/c1-18-10-6-17-15(18)14(13-5-4-12-20-13)16-7-11-19-8-2-3-9-19/h4-6,10,12,14,16H,2-3,7-9,11H2,1H3. The molecule has 0 aliphatic carbocycles. The molecule has 5 heteroatoms. The highest BCUT2D eigenvalue weighted by Crippen LogP contribution is 2.20. The zero-order valence-electron chi connectivity index (χ0n) is 12.0. The lowest BCUT2D eigenvalue weighted by Gasteiger charge is -2.19. The number of likely N-dealkylation sites (tertiary alicyclic amines) is 1. The molecule has 2 aromatic heterocycles. The molecular weight excluding hydrogens is 252 g/mol. The van der Waals surface area contributed by atoms with Crippen LogP contribution in [0.5, 0.6) is 0 Å². The summed E-state index contributed by atoms with van der Waals surface area (Å²) in [5.41, 5.74) is 0. The van der Waals surface area contributed by atoms with E-state index in [1.807, 2.05) is 36.1 Å². The van der Waals surface area contributed by atoms with E-state index in [1.165, 1.54) is 25.9 Å². The van der Waals surface area contributed by atoms with Crippen molar-refractivity contribution >= 4 is 0 Å². The van der Waals surface area contributed by atoms with Gasteiger partial charge in [0, 0.05) is 32.5 Å². The lowest BCUT2D eigenvalue weighted by Crippen LogP contribution is -2.33. The Labute approximate surface area is 119 Å². The molecule has 1 aliphatic rings. The van der Waals surface area contributed by atoms with E-state index >= 15 is 0 Å². The number of hydrogen-bond donors (Lipinski definition) is 1. The van der Waals surface area contributed by atoms with E-state index in [9.17, 15) is 0 Å². The smallest absolute Gasteiger partial charge is 0.133 e. The number of nitrogens with zero attached hydrogens (tertiary/aromatic N) is 3. The molecule has 1 N–H and O–H groups in total. The molecule has 108 valence electrons. The van der Waals surface area contributed by atoms with Gasteiger partial charge in [0.2, 0.25) is 0 Å². The maximum absolute atomic E-state index is 5.57. The van der Waals surface area contributed by atoms with Gasteiger partial charge in [0.05, 0.1) is 6.26 Å². The Hall–Kier alpha value is -1.59. The monoisotopic (exact) mass is 274 g/mol. The van der Waals surface area contributed by atoms with Crippen LogP contribution < -0.4 is 5.32 Å². The summed E-state index contributed by atoms with van der Waals surface area (Å²) in [6, 6.07) is 3.95. The first-order chi connectivity index (χ1) is 9.84. The van der Waals surface area contributed by atoms with E-state index in [-0.39, 0.29) is 6.04 Å². The van der Waals surface area contributed by atoms with Gasteiger partial charge in [0.25, 0.3) is 0 Å². The zero-order valence-corrected chi connectivity index (χ0v) is 12.0. The summed E-state index contributed by atoms with van der Waals surface area (Å²) < 4.78 is 7.61. The Morgan fingerprint density at radius 3 is 2.90 bits per heavy atom. The van der Waals surface area contributed by atoms with Crippen LogP contribution in [0, 0.1) is 0 Å². The quantitative estimate of drug-likeness (QED) is 0.872. The molecule has 0 amide bonds. The molecule has 2 aromatic rings. The molecule has 20 heavy (non-hydrogen) atoms. The second kappa shape index (κ2) is 6.24. The van der Waals surface area contributed by atoms with E-state index in [0.29, 0.717) is 0 Å². The number of hydrogen-bond acceptors (Lipinski definition) is 4. The molecule has 5 nitrogen and oxygen atoms in total. The van der Waals surface area contributed by atoms with Crippen LogP contribution in [0.4, 0.5) is 0 Å². The minimum atomic E-state index is 0.0209. The van der Waals surface area contributed by atoms with Crippen LogP contribution in [0.1, 0.15) is 30.5 Å². The predicted octanol–water partition coefficient (Wildman–Crippen LogP) is 1.79. The molecule has 1 aliphatic heterocycles. The second-order valence-corrected chi connectivity index (χ2v) is 5.35. The van der Waals surface area contributed by atoms with Crippen molar-refractivity contribution < 1.29 is 4.42 Å². The molecule has 1 fully saturated rings. The Morgan fingerprint density at radius 1 is 1.40 bits per heavy atom. The summed E-state index contributed by atoms with van der Waals surface area (Å²) in [5.74, 6) is 1.90. The Morgan fingerprint density at radius 2 is 2.25 bits per heavy atom. The van der Waals surface area contributed by atoms with Crippen LogP contribution >= 0.6 is 0 Å². The summed E-state index contributed by atoms with van der Waals surface area (Å²) in [6.07, 6.45) is 8.18. The highest BCUT2D eigenvalue weighted by molar-refractivity contribution is 5.15. The number of rotatable bonds is 6. The molecule has 1 atom stereocenters. The molecule has 0 spiro atoms. The summed E-state index contributed by atoms with van der Waals surface area (Å²) >= 11 is 0. The highest BCUT2D eigenvalue weighted by Gasteiger charge is 2.20. The van der Waals surface area contributed by atoms with Gasteiger partial charge in [-0.2, -0.15) is 0 Å². The normalized spacial score (nSPS) is 17.6. The van der Waals surface area contributed by atoms with Gasteiger partial charge in [-0.1, -0.05) is 0 Å². The Balaban J connectivity index is 1.65. The first kappa shape index (κ1) is 13.4. The first-order valence-corrected chi connectivity index (χ1v) is 7.31. The van der Waals surface area contributed by atoms with Gasteiger partial charge in [0.1, 0.15) is 17.6 Å². The fraction of sp³-hybridized carbons (Fsp3) is 0.533. The number of furan rings is 1. The van der Waals surface area contributed by atoms with Gasteiger partial charge < -0.3 is 13.9 Å². The predicted molar refractivity (Wildman–Crippen MR) is 77.4 cm³/mol. The number of aromatic nitrogens is 2. The summed E-state index contributed by atoms with van der Waals surface area (Å²) in [4.78, 5) is 6.95. The third-order valence-corrected chi connectivity index (χ3v) is 3.92. The largest absolute Gasteiger partial charge is 0.467 e. The van der Waals surface area contributed by atoms with E-state index in [0.717, 1.165) is 24.7 Å². The van der Waals surface area contributed by atoms with Crippen LogP contribution in [0.2, 0.25) is 0 Å². The Kier molecular flexibility index (Phi) is 4.18. The average molecular weight is 274 g/mol. The van der Waals surface area contributed by atoms with Gasteiger partial charge in [-0.05, 0) is 38.1 Å². The van der Waals surface area contributed by atoms with Gasteiger partial charge in [-0.15, -0.1) is 0 Å². The first-order valence-electron chi connectivity index (χ1n) is 7.31. The van der Waals surface area contributed by atoms with Crippen molar-refractivity contribution in [2.24, 2.45) is 7.05 Å². The van der Waals surface area contributed by atoms with Crippen LogP contribution in [-0.2, 0) is 7.05 Å². The zero-order chi connectivity index (χ0) is 13.8. The summed E-state index contributed by atoms with van der Waals surface area (Å²) in [7, 11) is 2.01. The van der Waals surface area contributed by atoms with E-state index in [2.05, 4.69) is 15.2 Å². The third kappa shape index (κ3) is 2.94. The molecule has 0 bridgehead atoms. The highest BCUT2D eigenvalue weighted by atomic mass is 16.3. The fourth-order valence-corrected chi connectivity index (χ4v) is 2.80. The number of nitrogens with one attached hydrogen (secondary N) is 1. The van der Waals surface area contributed by atoms with Crippen molar-refractivity contribution in [3.63, 3.8) is 0 Å². The fourth-order valence-electron chi connectivity index (χ4n) is 2.80. The lowest BCUT2D eigenvalue weighted by atomic mass is 10.2. The maximum atomic E-state index is 5.57. The average Bonchev–Trinajstić information content (AvgIpc) is 3.18. The van der Waals surface area contributed by atoms with Gasteiger partial charge in [-0.25, -0.2) is 4.98 Å². The van der Waals surface area contributed by atoms with Crippen molar-refractivity contribution in [2.45, 2.75) is 18.9 Å². The molecule has 0 aromatic carbocycles. The second-order valence-electron chi connectivity index (χ2n) is 5.35. The Bertz CT molecular complexity index is 514. The number of imidazole rings is 1. The SMILES string of the molecule is Cn1ccnc1C(NCCN1CCCC1)c1ccco1. The molecule has 3 rings (SSSR count). The molecule has 1 saturated heterocycles. The van der Waals surface area contributed by atoms with Gasteiger partial charge in [-0.3, -0.25) is 5.32 Å². The number of aryl methyl sites for hydroxylation is 1. The van der Waals surface area contributed by atoms with Crippen molar-refractivity contribution in [3.05, 3.63) is 42.4 Å². The maximum Gasteiger partial charge on any atom is 0.133 e. The molecule has 1 unspecified atom stereocenters. The van der Waals surface area contributed by atoms with Crippen LogP contribution in [0.15, 0.2) is 35.2 Å². The van der Waals surface area contributed by atoms with Crippen molar-refractivity contribution in [1.29, 1.82) is 0 Å². The minimum Gasteiger partial charge on any atom is -0.467 e. The molecule has 0 radical (unpaired) electrons. The topological polar surface area (TPSA) is 46.2 Å². The van der Waals surface area contributed by atoms with Crippen molar-refractivity contribution in [2.75, 3.05) is 26.2 Å². The van der Waals surface area contributed by atoms with Crippen LogP contribution in [0.3, 0.4) is 0 Å². The third-order valence-electron chi connectivity index (χ3n) is 3.92. The van der Waals surface area contributed by atoms with Gasteiger partial charge in [0.15, 0.2) is 0 Å². The minimum absolute atomic E-state index is 0.0209. The summed E-state index contributed by atoms with van der Waals surface area (Å²) in [6.45, 7) is 4.49. The van der Waals surface area contributed by atoms with Gasteiger partial charge >= 0.3 is 0 Å². The molecule has 0 saturated carbocycles. The molecular formula is C15H22N4O. The summed E-state index contributed by atoms with van der Waals surface area (Å²) in [5, 5.41) is 3.57. The van der Waals surface area contributed by atoms with E-state index < -0.39 is 0 Å². The van der Waals surface area contributed by atoms with E-state index in [1.54, 1.807) is 6.26 Å². The lowest BCUT2D eigenvalue weighted by molar-refractivity contribution is 0.323. The van der Waals surface area contributed by atoms with Crippen molar-refractivity contribution in [3.8, 4) is 0 Å².